The van der Waals surface area contributed by atoms with Crippen LogP contribution < -0.4 is 9.46 Å². The minimum Gasteiger partial charge on any atom is -0.494 e. The second kappa shape index (κ2) is 8.36. The summed E-state index contributed by atoms with van der Waals surface area (Å²) in [5.41, 5.74) is 1.51. The molecule has 0 aliphatic carbocycles. The second-order valence-electron chi connectivity index (χ2n) is 4.91. The van der Waals surface area contributed by atoms with E-state index in [0.29, 0.717) is 30.2 Å². The molecule has 0 aliphatic heterocycles. The van der Waals surface area contributed by atoms with Crippen LogP contribution in [0.3, 0.4) is 0 Å². The Morgan fingerprint density at radius 3 is 2.48 bits per heavy atom. The summed E-state index contributed by atoms with van der Waals surface area (Å²) in [6, 6.07) is 3.44. The average Bonchev–Trinajstić information content (AvgIpc) is 2.42. The van der Waals surface area contributed by atoms with Crippen molar-refractivity contribution < 1.29 is 17.9 Å². The van der Waals surface area contributed by atoms with Crippen LogP contribution in [-0.4, -0.2) is 35.3 Å². The molecule has 1 rings (SSSR count). The number of hydrogen-bond acceptors (Lipinski definition) is 4. The average molecular weight is 315 g/mol. The zero-order valence-corrected chi connectivity index (χ0v) is 14.0. The van der Waals surface area contributed by atoms with Crippen LogP contribution in [0.4, 0.5) is 0 Å². The van der Waals surface area contributed by atoms with Gasteiger partial charge in [-0.25, -0.2) is 13.1 Å². The van der Waals surface area contributed by atoms with Gasteiger partial charge in [0, 0.05) is 20.3 Å². The number of aryl methyl sites for hydroxylation is 2. The highest BCUT2D eigenvalue weighted by Crippen LogP contribution is 2.25. The first-order valence-electron chi connectivity index (χ1n) is 7.15. The summed E-state index contributed by atoms with van der Waals surface area (Å²) in [4.78, 5) is 0.315. The van der Waals surface area contributed by atoms with Crippen LogP contribution in [-0.2, 0) is 14.8 Å². The molecule has 0 amide bonds. The topological polar surface area (TPSA) is 64.6 Å². The number of nitrogens with one attached hydrogen (secondary N) is 1. The van der Waals surface area contributed by atoms with E-state index in [2.05, 4.69) is 4.72 Å². The molecular weight excluding hydrogens is 290 g/mol. The maximum atomic E-state index is 12.3. The van der Waals surface area contributed by atoms with E-state index in [9.17, 15) is 8.42 Å². The fourth-order valence-electron chi connectivity index (χ4n) is 2.02. The van der Waals surface area contributed by atoms with Crippen LogP contribution in [0, 0.1) is 13.8 Å². The minimum absolute atomic E-state index is 0.315. The van der Waals surface area contributed by atoms with Crippen molar-refractivity contribution in [2.75, 3.05) is 26.9 Å². The van der Waals surface area contributed by atoms with E-state index in [0.717, 1.165) is 24.2 Å². The molecular formula is C15H25NO4S. The molecule has 0 unspecified atom stereocenters. The predicted molar refractivity (Wildman–Crippen MR) is 83.4 cm³/mol. The highest BCUT2D eigenvalue weighted by molar-refractivity contribution is 7.89. The lowest BCUT2D eigenvalue weighted by atomic mass is 10.1. The number of benzene rings is 1. The highest BCUT2D eigenvalue weighted by atomic mass is 32.2. The van der Waals surface area contributed by atoms with Gasteiger partial charge in [0.15, 0.2) is 0 Å². The van der Waals surface area contributed by atoms with Crippen molar-refractivity contribution in [2.45, 2.75) is 38.5 Å². The van der Waals surface area contributed by atoms with Crippen molar-refractivity contribution in [3.05, 3.63) is 23.3 Å². The zero-order valence-electron chi connectivity index (χ0n) is 13.2. The lowest BCUT2D eigenvalue weighted by Gasteiger charge is -2.13. The molecule has 0 radical (unpaired) electrons. The van der Waals surface area contributed by atoms with E-state index in [1.54, 1.807) is 26.2 Å². The van der Waals surface area contributed by atoms with Crippen LogP contribution in [0.25, 0.3) is 0 Å². The third kappa shape index (κ3) is 5.30. The van der Waals surface area contributed by atoms with E-state index in [1.165, 1.54) is 0 Å². The first-order valence-corrected chi connectivity index (χ1v) is 8.63. The van der Waals surface area contributed by atoms with Gasteiger partial charge < -0.3 is 9.47 Å². The quantitative estimate of drug-likeness (QED) is 0.711. The van der Waals surface area contributed by atoms with Gasteiger partial charge in [-0.1, -0.05) is 0 Å². The Balaban J connectivity index is 2.81. The Kier molecular flexibility index (Phi) is 7.14. The second-order valence-corrected chi connectivity index (χ2v) is 6.65. The standard InChI is InChI=1S/C15H25NO4S/c1-5-20-14-10-13(3)15(11-12(14)2)21(17,18)16-8-6-7-9-19-4/h10-11,16H,5-9H2,1-4H3. The Labute approximate surface area is 127 Å². The van der Waals surface area contributed by atoms with Gasteiger partial charge in [0.25, 0.3) is 0 Å². The van der Waals surface area contributed by atoms with Crippen LogP contribution >= 0.6 is 0 Å². The fraction of sp³-hybridized carbons (Fsp3) is 0.600. The summed E-state index contributed by atoms with van der Waals surface area (Å²) in [7, 11) is -1.84. The lowest BCUT2D eigenvalue weighted by Crippen LogP contribution is -2.25. The van der Waals surface area contributed by atoms with Gasteiger partial charge in [-0.15, -0.1) is 0 Å². The van der Waals surface area contributed by atoms with Crippen LogP contribution in [0.1, 0.15) is 30.9 Å². The number of methoxy groups -OCH3 is 1. The Bertz CT molecular complexity index is 555. The largest absolute Gasteiger partial charge is 0.494 e. The molecule has 0 bridgehead atoms. The number of rotatable bonds is 9. The maximum absolute atomic E-state index is 12.3. The third-order valence-corrected chi connectivity index (χ3v) is 4.73. The SMILES string of the molecule is CCOc1cc(C)c(S(=O)(=O)NCCCCOC)cc1C. The molecule has 0 fully saturated rings. The van der Waals surface area contributed by atoms with E-state index in [-0.39, 0.29) is 0 Å². The summed E-state index contributed by atoms with van der Waals surface area (Å²) >= 11 is 0. The third-order valence-electron chi connectivity index (χ3n) is 3.13. The molecule has 0 aromatic heterocycles. The minimum atomic E-state index is -3.48. The van der Waals surface area contributed by atoms with E-state index in [1.807, 2.05) is 13.8 Å². The van der Waals surface area contributed by atoms with Crippen molar-refractivity contribution in [2.24, 2.45) is 0 Å². The van der Waals surface area contributed by atoms with Gasteiger partial charge in [-0.3, -0.25) is 0 Å². The number of hydrogen-bond donors (Lipinski definition) is 1. The Morgan fingerprint density at radius 1 is 1.14 bits per heavy atom. The summed E-state index contributed by atoms with van der Waals surface area (Å²) in [6.07, 6.45) is 1.59. The van der Waals surface area contributed by atoms with Gasteiger partial charge in [0.2, 0.25) is 10.0 Å². The maximum Gasteiger partial charge on any atom is 0.240 e. The Hall–Kier alpha value is -1.11. The molecule has 0 aliphatic rings. The molecule has 1 aromatic rings. The number of unbranched alkanes of at least 4 members (excludes halogenated alkanes) is 1. The molecule has 21 heavy (non-hydrogen) atoms. The zero-order chi connectivity index (χ0) is 15.9. The smallest absolute Gasteiger partial charge is 0.240 e. The van der Waals surface area contributed by atoms with Crippen LogP contribution in [0.15, 0.2) is 17.0 Å². The molecule has 0 saturated heterocycles. The first kappa shape index (κ1) is 17.9. The molecule has 120 valence electrons. The van der Waals surface area contributed by atoms with E-state index in [4.69, 9.17) is 9.47 Å². The fourth-order valence-corrected chi connectivity index (χ4v) is 3.40. The first-order chi connectivity index (χ1) is 9.92. The van der Waals surface area contributed by atoms with Crippen molar-refractivity contribution in [3.8, 4) is 5.75 Å². The molecule has 1 aromatic carbocycles. The summed E-state index contributed by atoms with van der Waals surface area (Å²) < 4.78 is 37.7. The lowest BCUT2D eigenvalue weighted by molar-refractivity contribution is 0.193. The van der Waals surface area contributed by atoms with Gasteiger partial charge in [-0.05, 0) is 56.9 Å². The Morgan fingerprint density at radius 2 is 1.86 bits per heavy atom. The number of sulfonamides is 1. The highest BCUT2D eigenvalue weighted by Gasteiger charge is 2.18. The normalized spacial score (nSPS) is 11.6. The molecule has 5 nitrogen and oxygen atoms in total. The molecule has 0 spiro atoms. The van der Waals surface area contributed by atoms with Crippen molar-refractivity contribution in [1.82, 2.24) is 4.72 Å². The molecule has 0 atom stereocenters. The van der Waals surface area contributed by atoms with Crippen LogP contribution in [0.5, 0.6) is 5.75 Å². The van der Waals surface area contributed by atoms with Crippen LogP contribution in [0.2, 0.25) is 0 Å². The van der Waals surface area contributed by atoms with E-state index >= 15 is 0 Å². The van der Waals surface area contributed by atoms with Gasteiger partial charge in [0.05, 0.1) is 11.5 Å². The summed E-state index contributed by atoms with van der Waals surface area (Å²) in [5, 5.41) is 0. The predicted octanol–water partition coefficient (Wildman–Crippen LogP) is 2.41. The molecule has 0 heterocycles. The van der Waals surface area contributed by atoms with Crippen molar-refractivity contribution >= 4 is 10.0 Å². The van der Waals surface area contributed by atoms with Gasteiger partial charge >= 0.3 is 0 Å². The molecule has 6 heteroatoms. The van der Waals surface area contributed by atoms with Gasteiger partial charge in [0.1, 0.15) is 5.75 Å². The summed E-state index contributed by atoms with van der Waals surface area (Å²) in [6.45, 7) is 7.15. The van der Waals surface area contributed by atoms with Gasteiger partial charge in [-0.2, -0.15) is 0 Å². The van der Waals surface area contributed by atoms with Crippen molar-refractivity contribution in [3.63, 3.8) is 0 Å². The monoisotopic (exact) mass is 315 g/mol. The van der Waals surface area contributed by atoms with E-state index < -0.39 is 10.0 Å². The number of ether oxygens (including phenoxy) is 2. The molecule has 0 saturated carbocycles. The van der Waals surface area contributed by atoms with Crippen molar-refractivity contribution in [1.29, 1.82) is 0 Å². The molecule has 1 N–H and O–H groups in total. The summed E-state index contributed by atoms with van der Waals surface area (Å²) in [5.74, 6) is 0.731.